The highest BCUT2D eigenvalue weighted by molar-refractivity contribution is 9.10. The molecule has 0 radical (unpaired) electrons. The van der Waals surface area contributed by atoms with E-state index >= 15 is 0 Å². The number of ether oxygens (including phenoxy) is 1. The summed E-state index contributed by atoms with van der Waals surface area (Å²) in [4.78, 5) is 25.1. The lowest BCUT2D eigenvalue weighted by molar-refractivity contribution is 0.0474. The van der Waals surface area contributed by atoms with E-state index in [1.54, 1.807) is 30.3 Å². The van der Waals surface area contributed by atoms with E-state index in [1.807, 2.05) is 12.1 Å². The quantitative estimate of drug-likeness (QED) is 0.204. The number of benzene rings is 3. The van der Waals surface area contributed by atoms with Crippen molar-refractivity contribution in [3.8, 4) is 0 Å². The smallest absolute Gasteiger partial charge is 0.338 e. The Morgan fingerprint density at radius 3 is 2.30 bits per heavy atom. The van der Waals surface area contributed by atoms with E-state index in [9.17, 15) is 9.59 Å². The van der Waals surface area contributed by atoms with Crippen LogP contribution in [0.3, 0.4) is 0 Å². The fraction of sp³-hybridized carbons (Fsp3) is 0.185. The first kappa shape index (κ1) is 22.1. The normalized spacial score (nSPS) is 20.5. The maximum absolute atomic E-state index is 12.7. The molecule has 1 N–H and O–H groups in total. The number of rotatable bonds is 5. The van der Waals surface area contributed by atoms with Gasteiger partial charge in [0, 0.05) is 26.1 Å². The molecule has 3 atom stereocenters. The van der Waals surface area contributed by atoms with Gasteiger partial charge < -0.3 is 10.1 Å². The second kappa shape index (κ2) is 9.27. The molecule has 1 aliphatic carbocycles. The number of halogens is 2. The van der Waals surface area contributed by atoms with Crippen LogP contribution in [0.1, 0.15) is 50.2 Å². The summed E-state index contributed by atoms with van der Waals surface area (Å²) >= 11 is 6.86. The number of nitrogens with one attached hydrogen (secondary N) is 1. The molecule has 2 aliphatic rings. The Labute approximate surface area is 209 Å². The van der Waals surface area contributed by atoms with Gasteiger partial charge in [-0.1, -0.05) is 68.3 Å². The van der Waals surface area contributed by atoms with E-state index in [2.05, 4.69) is 73.6 Å². The van der Waals surface area contributed by atoms with Crippen LogP contribution in [0.4, 0.5) is 5.69 Å². The van der Waals surface area contributed by atoms with Crippen molar-refractivity contribution in [3.05, 3.63) is 110 Å². The Kier molecular flexibility index (Phi) is 6.21. The van der Waals surface area contributed by atoms with Gasteiger partial charge in [-0.3, -0.25) is 4.79 Å². The van der Waals surface area contributed by atoms with Gasteiger partial charge in [0.25, 0.3) is 0 Å². The van der Waals surface area contributed by atoms with E-state index < -0.39 is 5.97 Å². The number of esters is 1. The number of carbonyl (C=O) groups is 2. The first-order chi connectivity index (χ1) is 16.0. The largest absolute Gasteiger partial charge is 0.454 e. The molecule has 1 heterocycles. The molecule has 33 heavy (non-hydrogen) atoms. The minimum Gasteiger partial charge on any atom is -0.454 e. The topological polar surface area (TPSA) is 55.4 Å². The van der Waals surface area contributed by atoms with Crippen LogP contribution in [0.5, 0.6) is 0 Å². The molecule has 0 amide bonds. The van der Waals surface area contributed by atoms with Gasteiger partial charge in [0.15, 0.2) is 12.4 Å². The van der Waals surface area contributed by atoms with Gasteiger partial charge in [0.05, 0.1) is 11.6 Å². The van der Waals surface area contributed by atoms with Gasteiger partial charge in [0.2, 0.25) is 0 Å². The Balaban J connectivity index is 1.33. The molecule has 0 unspecified atom stereocenters. The Hall–Kier alpha value is -2.70. The fourth-order valence-corrected chi connectivity index (χ4v) is 5.18. The van der Waals surface area contributed by atoms with Gasteiger partial charge in [-0.2, -0.15) is 0 Å². The van der Waals surface area contributed by atoms with Crippen LogP contribution in [0.15, 0.2) is 87.8 Å². The van der Waals surface area contributed by atoms with Crippen LogP contribution in [-0.2, 0) is 4.74 Å². The SMILES string of the molecule is O=C(COC(=O)c1ccc2c(c1)[C@@H]1C=CC[C@@H]1[C@H](c1ccc(Br)cc1)N2)c1ccc(Br)cc1. The average Bonchev–Trinajstić information content (AvgIpc) is 3.33. The predicted molar refractivity (Wildman–Crippen MR) is 136 cm³/mol. The highest BCUT2D eigenvalue weighted by atomic mass is 79.9. The van der Waals surface area contributed by atoms with Crippen LogP contribution in [0.2, 0.25) is 0 Å². The van der Waals surface area contributed by atoms with Crippen molar-refractivity contribution in [1.29, 1.82) is 0 Å². The number of carbonyl (C=O) groups excluding carboxylic acids is 2. The summed E-state index contributed by atoms with van der Waals surface area (Å²) in [6.07, 6.45) is 5.44. The molecule has 0 bridgehead atoms. The molecule has 5 rings (SSSR count). The lowest BCUT2D eigenvalue weighted by Crippen LogP contribution is -2.29. The van der Waals surface area contributed by atoms with Crippen LogP contribution in [0, 0.1) is 5.92 Å². The van der Waals surface area contributed by atoms with Crippen molar-refractivity contribution >= 4 is 49.3 Å². The molecule has 0 saturated carbocycles. The standard InChI is InChI=1S/C27H21Br2NO3/c28-19-9-4-16(5-10-19)25(31)15-33-27(32)18-8-13-24-23(14-18)21-2-1-3-22(21)26(30-24)17-6-11-20(29)12-7-17/h1-2,4-14,21-22,26,30H,3,15H2/t21-,22+,26+/m1/s1. The summed E-state index contributed by atoms with van der Waals surface area (Å²) in [6.45, 7) is -0.284. The summed E-state index contributed by atoms with van der Waals surface area (Å²) in [5.41, 5.74) is 4.34. The van der Waals surface area contributed by atoms with Crippen molar-refractivity contribution in [2.24, 2.45) is 5.92 Å². The summed E-state index contributed by atoms with van der Waals surface area (Å²) in [6, 6.07) is 21.2. The molecule has 0 fully saturated rings. The van der Waals surface area contributed by atoms with Gasteiger partial charge in [0.1, 0.15) is 0 Å². The third-order valence-electron chi connectivity index (χ3n) is 6.33. The van der Waals surface area contributed by atoms with Crippen LogP contribution in [-0.4, -0.2) is 18.4 Å². The maximum atomic E-state index is 12.7. The second-order valence-corrected chi connectivity index (χ2v) is 10.2. The number of ketones is 1. The Morgan fingerprint density at radius 1 is 0.909 bits per heavy atom. The number of fused-ring (bicyclic) bond motifs is 3. The van der Waals surface area contributed by atoms with E-state index in [-0.39, 0.29) is 24.3 Å². The van der Waals surface area contributed by atoms with Crippen LogP contribution < -0.4 is 5.32 Å². The molecule has 3 aromatic carbocycles. The zero-order chi connectivity index (χ0) is 22.9. The summed E-state index contributed by atoms with van der Waals surface area (Å²) in [5, 5.41) is 3.68. The Bertz CT molecular complexity index is 1240. The zero-order valence-electron chi connectivity index (χ0n) is 17.6. The molecule has 0 aromatic heterocycles. The van der Waals surface area contributed by atoms with Gasteiger partial charge in [-0.05, 0) is 65.9 Å². The van der Waals surface area contributed by atoms with Crippen molar-refractivity contribution in [2.45, 2.75) is 18.4 Å². The molecule has 1 aliphatic heterocycles. The van der Waals surface area contributed by atoms with Crippen LogP contribution in [0.25, 0.3) is 0 Å². The van der Waals surface area contributed by atoms with Gasteiger partial charge in [-0.25, -0.2) is 4.79 Å². The fourth-order valence-electron chi connectivity index (χ4n) is 4.66. The lowest BCUT2D eigenvalue weighted by atomic mass is 9.76. The third kappa shape index (κ3) is 4.55. The van der Waals surface area contributed by atoms with Crippen molar-refractivity contribution in [3.63, 3.8) is 0 Å². The number of hydrogen-bond donors (Lipinski definition) is 1. The minimum atomic E-state index is -0.489. The number of Topliss-reactive ketones (excluding diaryl/α,β-unsaturated/α-hetero) is 1. The molecule has 0 spiro atoms. The molecular weight excluding hydrogens is 546 g/mol. The lowest BCUT2D eigenvalue weighted by Gasteiger charge is -2.37. The van der Waals surface area contributed by atoms with Gasteiger partial charge >= 0.3 is 5.97 Å². The highest BCUT2D eigenvalue weighted by Gasteiger charge is 2.38. The average molecular weight is 567 g/mol. The van der Waals surface area contributed by atoms with Crippen LogP contribution >= 0.6 is 31.9 Å². The number of hydrogen-bond acceptors (Lipinski definition) is 4. The maximum Gasteiger partial charge on any atom is 0.338 e. The first-order valence-corrected chi connectivity index (χ1v) is 12.4. The monoisotopic (exact) mass is 565 g/mol. The summed E-state index contributed by atoms with van der Waals surface area (Å²) in [7, 11) is 0. The Morgan fingerprint density at radius 2 is 1.58 bits per heavy atom. The van der Waals surface area contributed by atoms with Crippen molar-refractivity contribution in [1.82, 2.24) is 0 Å². The molecule has 166 valence electrons. The highest BCUT2D eigenvalue weighted by Crippen LogP contribution is 2.50. The number of allylic oxidation sites excluding steroid dienone is 2. The van der Waals surface area contributed by atoms with E-state index in [4.69, 9.17) is 4.74 Å². The molecule has 3 aromatic rings. The third-order valence-corrected chi connectivity index (χ3v) is 7.39. The molecule has 0 saturated heterocycles. The van der Waals surface area contributed by atoms with E-state index in [0.717, 1.165) is 26.6 Å². The zero-order valence-corrected chi connectivity index (χ0v) is 20.8. The molecule has 4 nitrogen and oxygen atoms in total. The molecular formula is C27H21Br2NO3. The van der Waals surface area contributed by atoms with E-state index in [1.165, 1.54) is 5.56 Å². The van der Waals surface area contributed by atoms with Crippen molar-refractivity contribution < 1.29 is 14.3 Å². The summed E-state index contributed by atoms with van der Waals surface area (Å²) in [5.74, 6) is -0.112. The summed E-state index contributed by atoms with van der Waals surface area (Å²) < 4.78 is 7.29. The number of anilines is 1. The molecule has 6 heteroatoms. The van der Waals surface area contributed by atoms with E-state index in [0.29, 0.717) is 17.0 Å². The minimum absolute atomic E-state index is 0.201. The second-order valence-electron chi connectivity index (χ2n) is 8.34. The first-order valence-electron chi connectivity index (χ1n) is 10.8. The van der Waals surface area contributed by atoms with Gasteiger partial charge in [-0.15, -0.1) is 0 Å². The van der Waals surface area contributed by atoms with Crippen molar-refractivity contribution in [2.75, 3.05) is 11.9 Å². The predicted octanol–water partition coefficient (Wildman–Crippen LogP) is 7.08.